The maximum Gasteiger partial charge on any atom is 0.338 e. The third-order valence-corrected chi connectivity index (χ3v) is 3.97. The molecule has 0 heterocycles. The van der Waals surface area contributed by atoms with Gasteiger partial charge in [0.15, 0.2) is 0 Å². The first-order valence-corrected chi connectivity index (χ1v) is 8.62. The lowest BCUT2D eigenvalue weighted by atomic mass is 10.0. The van der Waals surface area contributed by atoms with Crippen LogP contribution in [0.1, 0.15) is 48.7 Å². The number of ether oxygens (including phenoxy) is 2. The summed E-state index contributed by atoms with van der Waals surface area (Å²) in [5.74, 6) is 0.543. The van der Waals surface area contributed by atoms with Gasteiger partial charge in [0, 0.05) is 4.47 Å². The van der Waals surface area contributed by atoms with Crippen molar-refractivity contribution in [3.63, 3.8) is 0 Å². The van der Waals surface area contributed by atoms with Crippen molar-refractivity contribution in [2.75, 3.05) is 6.61 Å². The van der Waals surface area contributed by atoms with Crippen molar-refractivity contribution in [1.29, 1.82) is 0 Å². The molecular formula is C19H21BrO3. The summed E-state index contributed by atoms with van der Waals surface area (Å²) < 4.78 is 12.1. The van der Waals surface area contributed by atoms with Crippen molar-refractivity contribution in [2.24, 2.45) is 0 Å². The van der Waals surface area contributed by atoms with Crippen LogP contribution in [0.5, 0.6) is 5.75 Å². The zero-order chi connectivity index (χ0) is 16.7. The van der Waals surface area contributed by atoms with Crippen LogP contribution in [0, 0.1) is 0 Å². The average Bonchev–Trinajstić information content (AvgIpc) is 2.57. The molecule has 0 aliphatic carbocycles. The highest BCUT2D eigenvalue weighted by Crippen LogP contribution is 2.27. The molecule has 0 saturated heterocycles. The van der Waals surface area contributed by atoms with Gasteiger partial charge in [-0.15, -0.1) is 0 Å². The Kier molecular flexibility index (Phi) is 6.66. The summed E-state index contributed by atoms with van der Waals surface area (Å²) in [6.45, 7) is 4.31. The van der Waals surface area contributed by atoms with Crippen LogP contribution in [-0.4, -0.2) is 12.6 Å². The summed E-state index contributed by atoms with van der Waals surface area (Å²) in [5, 5.41) is 0. The molecule has 0 saturated carbocycles. The third kappa shape index (κ3) is 5.10. The minimum atomic E-state index is -0.292. The van der Waals surface area contributed by atoms with Crippen molar-refractivity contribution in [3.8, 4) is 5.75 Å². The quantitative estimate of drug-likeness (QED) is 0.594. The van der Waals surface area contributed by atoms with Crippen molar-refractivity contribution in [2.45, 2.75) is 32.8 Å². The minimum absolute atomic E-state index is 0.0302. The Morgan fingerprint density at radius 3 is 2.26 bits per heavy atom. The summed E-state index contributed by atoms with van der Waals surface area (Å²) in [5.41, 5.74) is 1.62. The van der Waals surface area contributed by atoms with Crippen LogP contribution in [0.15, 0.2) is 53.0 Å². The molecule has 4 heteroatoms. The van der Waals surface area contributed by atoms with E-state index in [1.165, 1.54) is 0 Å². The molecule has 0 bridgehead atoms. The van der Waals surface area contributed by atoms with Crippen LogP contribution in [0.4, 0.5) is 0 Å². The van der Waals surface area contributed by atoms with Gasteiger partial charge >= 0.3 is 5.97 Å². The highest BCUT2D eigenvalue weighted by Gasteiger charge is 2.14. The maximum atomic E-state index is 11.7. The lowest BCUT2D eigenvalue weighted by Crippen LogP contribution is -2.09. The van der Waals surface area contributed by atoms with Gasteiger partial charge in [0.2, 0.25) is 0 Å². The first kappa shape index (κ1) is 17.5. The van der Waals surface area contributed by atoms with E-state index in [1.807, 2.05) is 36.4 Å². The van der Waals surface area contributed by atoms with Gasteiger partial charge < -0.3 is 9.47 Å². The summed E-state index contributed by atoms with van der Waals surface area (Å²) in [7, 11) is 0. The monoisotopic (exact) mass is 376 g/mol. The standard InChI is InChI=1S/C19H21BrO3/c1-3-5-18(23-17-12-10-16(20)11-13-17)14-6-8-15(9-7-14)19(21)22-4-2/h6-13,18H,3-5H2,1-2H3/t18-/m1/s1. The smallest absolute Gasteiger partial charge is 0.338 e. The number of rotatable bonds is 7. The molecule has 0 unspecified atom stereocenters. The fourth-order valence-corrected chi connectivity index (χ4v) is 2.55. The number of esters is 1. The topological polar surface area (TPSA) is 35.5 Å². The van der Waals surface area contributed by atoms with E-state index in [-0.39, 0.29) is 12.1 Å². The first-order chi connectivity index (χ1) is 11.1. The van der Waals surface area contributed by atoms with E-state index >= 15 is 0 Å². The molecule has 0 radical (unpaired) electrons. The van der Waals surface area contributed by atoms with Crippen molar-refractivity contribution < 1.29 is 14.3 Å². The van der Waals surface area contributed by atoms with Gasteiger partial charge in [-0.2, -0.15) is 0 Å². The molecule has 0 amide bonds. The van der Waals surface area contributed by atoms with Crippen molar-refractivity contribution >= 4 is 21.9 Å². The second-order valence-electron chi connectivity index (χ2n) is 5.19. The molecule has 3 nitrogen and oxygen atoms in total. The van der Waals surface area contributed by atoms with Crippen LogP contribution in [0.3, 0.4) is 0 Å². The Morgan fingerprint density at radius 1 is 1.04 bits per heavy atom. The number of benzene rings is 2. The van der Waals surface area contributed by atoms with Gasteiger partial charge in [-0.1, -0.05) is 41.4 Å². The molecular weight excluding hydrogens is 356 g/mol. The molecule has 0 fully saturated rings. The van der Waals surface area contributed by atoms with Crippen LogP contribution in [0.2, 0.25) is 0 Å². The SMILES string of the molecule is CCC[C@@H](Oc1ccc(Br)cc1)c1ccc(C(=O)OCC)cc1. The fourth-order valence-electron chi connectivity index (χ4n) is 2.28. The first-order valence-electron chi connectivity index (χ1n) is 7.83. The molecule has 2 rings (SSSR count). The second kappa shape index (κ2) is 8.73. The predicted molar refractivity (Wildman–Crippen MR) is 94.8 cm³/mol. The second-order valence-corrected chi connectivity index (χ2v) is 6.11. The van der Waals surface area contributed by atoms with Crippen molar-refractivity contribution in [3.05, 3.63) is 64.1 Å². The lowest BCUT2D eigenvalue weighted by Gasteiger charge is -2.19. The summed E-state index contributed by atoms with van der Waals surface area (Å²) in [6.07, 6.45) is 1.90. The fraction of sp³-hybridized carbons (Fsp3) is 0.316. The summed E-state index contributed by atoms with van der Waals surface area (Å²) >= 11 is 3.42. The Labute approximate surface area is 145 Å². The zero-order valence-electron chi connectivity index (χ0n) is 13.4. The van der Waals surface area contributed by atoms with E-state index < -0.39 is 0 Å². The molecule has 23 heavy (non-hydrogen) atoms. The normalized spacial score (nSPS) is 11.8. The maximum absolute atomic E-state index is 11.7. The molecule has 2 aromatic carbocycles. The molecule has 0 spiro atoms. The third-order valence-electron chi connectivity index (χ3n) is 3.44. The Bertz CT molecular complexity index is 620. The van der Waals surface area contributed by atoms with Crippen LogP contribution < -0.4 is 4.74 Å². The summed E-state index contributed by atoms with van der Waals surface area (Å²) in [6, 6.07) is 15.3. The van der Waals surface area contributed by atoms with Gasteiger partial charge in [-0.05, 0) is 55.3 Å². The van der Waals surface area contributed by atoms with Gasteiger partial charge in [-0.3, -0.25) is 0 Å². The van der Waals surface area contributed by atoms with E-state index in [0.717, 1.165) is 28.6 Å². The molecule has 1 atom stereocenters. The molecule has 122 valence electrons. The molecule has 0 N–H and O–H groups in total. The zero-order valence-corrected chi connectivity index (χ0v) is 15.0. The van der Waals surface area contributed by atoms with Gasteiger partial charge in [0.05, 0.1) is 12.2 Å². The highest BCUT2D eigenvalue weighted by atomic mass is 79.9. The lowest BCUT2D eigenvalue weighted by molar-refractivity contribution is 0.0526. The number of carbonyl (C=O) groups excluding carboxylic acids is 1. The largest absolute Gasteiger partial charge is 0.486 e. The number of halogens is 1. The highest BCUT2D eigenvalue weighted by molar-refractivity contribution is 9.10. The minimum Gasteiger partial charge on any atom is -0.486 e. The molecule has 0 aliphatic rings. The van der Waals surface area contributed by atoms with E-state index in [4.69, 9.17) is 9.47 Å². The Hall–Kier alpha value is -1.81. The van der Waals surface area contributed by atoms with Gasteiger partial charge in [-0.25, -0.2) is 4.79 Å². The van der Waals surface area contributed by atoms with E-state index in [0.29, 0.717) is 12.2 Å². The van der Waals surface area contributed by atoms with E-state index in [9.17, 15) is 4.79 Å². The van der Waals surface area contributed by atoms with E-state index in [1.54, 1.807) is 19.1 Å². The van der Waals surface area contributed by atoms with Crippen LogP contribution in [0.25, 0.3) is 0 Å². The summed E-state index contributed by atoms with van der Waals surface area (Å²) in [4.78, 5) is 11.7. The van der Waals surface area contributed by atoms with Crippen LogP contribution in [-0.2, 0) is 4.74 Å². The van der Waals surface area contributed by atoms with Crippen molar-refractivity contribution in [1.82, 2.24) is 0 Å². The number of carbonyl (C=O) groups is 1. The Balaban J connectivity index is 2.13. The molecule has 2 aromatic rings. The number of hydrogen-bond acceptors (Lipinski definition) is 3. The van der Waals surface area contributed by atoms with Gasteiger partial charge in [0.1, 0.15) is 11.9 Å². The average molecular weight is 377 g/mol. The number of hydrogen-bond donors (Lipinski definition) is 0. The van der Waals surface area contributed by atoms with E-state index in [2.05, 4.69) is 22.9 Å². The Morgan fingerprint density at radius 2 is 1.70 bits per heavy atom. The van der Waals surface area contributed by atoms with Crippen LogP contribution >= 0.6 is 15.9 Å². The van der Waals surface area contributed by atoms with Gasteiger partial charge in [0.25, 0.3) is 0 Å². The molecule has 0 aromatic heterocycles. The predicted octanol–water partition coefficient (Wildman–Crippen LogP) is 5.55. The molecule has 0 aliphatic heterocycles.